The van der Waals surface area contributed by atoms with E-state index in [9.17, 15) is 14.0 Å². The minimum absolute atomic E-state index is 0.0265. The first-order valence-corrected chi connectivity index (χ1v) is 10.4. The van der Waals surface area contributed by atoms with Crippen LogP contribution in [0.2, 0.25) is 0 Å². The summed E-state index contributed by atoms with van der Waals surface area (Å²) in [7, 11) is 1.95. The zero-order chi connectivity index (χ0) is 22.2. The van der Waals surface area contributed by atoms with Crippen LogP contribution in [-0.4, -0.2) is 39.3 Å². The maximum atomic E-state index is 13.3. The van der Waals surface area contributed by atoms with E-state index in [0.29, 0.717) is 25.2 Å². The molecule has 31 heavy (non-hydrogen) atoms. The molecule has 0 aliphatic rings. The fourth-order valence-electron chi connectivity index (χ4n) is 3.45. The normalized spacial score (nSPS) is 10.7. The van der Waals surface area contributed by atoms with Crippen LogP contribution < -0.4 is 0 Å². The van der Waals surface area contributed by atoms with Crippen LogP contribution in [0, 0.1) is 5.82 Å². The molecule has 1 heterocycles. The van der Waals surface area contributed by atoms with Crippen molar-refractivity contribution in [2.75, 3.05) is 13.1 Å². The van der Waals surface area contributed by atoms with Crippen LogP contribution in [0.3, 0.4) is 0 Å². The van der Waals surface area contributed by atoms with Crippen LogP contribution in [-0.2, 0) is 24.9 Å². The van der Waals surface area contributed by atoms with Gasteiger partial charge in [0.1, 0.15) is 12.4 Å². The second kappa shape index (κ2) is 10.6. The summed E-state index contributed by atoms with van der Waals surface area (Å²) in [5.41, 5.74) is 2.41. The van der Waals surface area contributed by atoms with Crippen LogP contribution >= 0.6 is 0 Å². The van der Waals surface area contributed by atoms with E-state index in [1.807, 2.05) is 67.2 Å². The van der Waals surface area contributed by atoms with Crippen molar-refractivity contribution in [2.24, 2.45) is 7.05 Å². The second-order valence-corrected chi connectivity index (χ2v) is 7.58. The lowest BCUT2D eigenvalue weighted by atomic mass is 10.1. The smallest absolute Gasteiger partial charge is 0.254 e. The zero-order valence-corrected chi connectivity index (χ0v) is 18.0. The van der Waals surface area contributed by atoms with Crippen LogP contribution in [0.15, 0.2) is 72.9 Å². The lowest BCUT2D eigenvalue weighted by Crippen LogP contribution is -2.43. The largest absolute Gasteiger partial charge is 0.353 e. The highest BCUT2D eigenvalue weighted by atomic mass is 19.1. The molecule has 0 saturated carbocycles. The number of amides is 2. The van der Waals surface area contributed by atoms with Gasteiger partial charge in [0.2, 0.25) is 5.91 Å². The molecule has 2 amide bonds. The van der Waals surface area contributed by atoms with Crippen molar-refractivity contribution in [1.82, 2.24) is 14.4 Å². The molecule has 0 bridgehead atoms. The number of carbonyl (C=O) groups is 2. The van der Waals surface area contributed by atoms with E-state index >= 15 is 0 Å². The van der Waals surface area contributed by atoms with Gasteiger partial charge in [-0.25, -0.2) is 4.39 Å². The minimum Gasteiger partial charge on any atom is -0.353 e. The summed E-state index contributed by atoms with van der Waals surface area (Å²) in [5, 5.41) is 0. The first kappa shape index (κ1) is 22.3. The van der Waals surface area contributed by atoms with Crippen LogP contribution in [0.1, 0.15) is 35.0 Å². The van der Waals surface area contributed by atoms with Crippen molar-refractivity contribution in [3.05, 3.63) is 95.6 Å². The Morgan fingerprint density at radius 2 is 1.61 bits per heavy atom. The molecule has 0 fully saturated rings. The summed E-state index contributed by atoms with van der Waals surface area (Å²) in [5.74, 6) is -0.797. The molecule has 3 aromatic rings. The highest BCUT2D eigenvalue weighted by Gasteiger charge is 2.23. The standard InChI is InChI=1S/C25H28FN3O2/c1-3-15-28(25(31)21-11-13-22(26)14-12-21)19-24(30)29(17-20-8-5-4-6-9-20)18-23-10-7-16-27(23)2/h4-14,16H,3,15,17-19H2,1-2H3. The highest BCUT2D eigenvalue weighted by Crippen LogP contribution is 2.13. The molecule has 0 spiro atoms. The van der Waals surface area contributed by atoms with Gasteiger partial charge in [0.05, 0.1) is 6.54 Å². The molecule has 0 radical (unpaired) electrons. The number of rotatable bonds is 9. The third-order valence-electron chi connectivity index (χ3n) is 5.17. The van der Waals surface area contributed by atoms with Gasteiger partial charge in [0.15, 0.2) is 0 Å². The Bertz CT molecular complexity index is 999. The Morgan fingerprint density at radius 1 is 0.903 bits per heavy atom. The van der Waals surface area contributed by atoms with Crippen molar-refractivity contribution in [1.29, 1.82) is 0 Å². The molecule has 0 saturated heterocycles. The molecule has 0 unspecified atom stereocenters. The number of hydrogen-bond donors (Lipinski definition) is 0. The van der Waals surface area contributed by atoms with Crippen molar-refractivity contribution < 1.29 is 14.0 Å². The average molecular weight is 422 g/mol. The monoisotopic (exact) mass is 421 g/mol. The summed E-state index contributed by atoms with van der Waals surface area (Å²) < 4.78 is 15.2. The summed E-state index contributed by atoms with van der Waals surface area (Å²) in [6, 6.07) is 19.2. The van der Waals surface area contributed by atoms with Gasteiger partial charge >= 0.3 is 0 Å². The summed E-state index contributed by atoms with van der Waals surface area (Å²) in [6.07, 6.45) is 2.67. The number of aryl methyl sites for hydroxylation is 1. The summed E-state index contributed by atoms with van der Waals surface area (Å²) in [6.45, 7) is 3.28. The Kier molecular flexibility index (Phi) is 7.60. The molecule has 0 aliphatic carbocycles. The van der Waals surface area contributed by atoms with Gasteiger partial charge in [-0.15, -0.1) is 0 Å². The first-order valence-electron chi connectivity index (χ1n) is 10.4. The van der Waals surface area contributed by atoms with Gasteiger partial charge in [0.25, 0.3) is 5.91 Å². The molecule has 0 aliphatic heterocycles. The van der Waals surface area contributed by atoms with Gasteiger partial charge in [-0.05, 0) is 48.4 Å². The highest BCUT2D eigenvalue weighted by molar-refractivity contribution is 5.96. The summed E-state index contributed by atoms with van der Waals surface area (Å²) >= 11 is 0. The lowest BCUT2D eigenvalue weighted by molar-refractivity contribution is -0.133. The molecule has 162 valence electrons. The van der Waals surface area contributed by atoms with Crippen molar-refractivity contribution in [3.8, 4) is 0 Å². The van der Waals surface area contributed by atoms with Crippen molar-refractivity contribution in [2.45, 2.75) is 26.4 Å². The number of benzene rings is 2. The molecule has 6 heteroatoms. The van der Waals surface area contributed by atoms with Crippen LogP contribution in [0.5, 0.6) is 0 Å². The summed E-state index contributed by atoms with van der Waals surface area (Å²) in [4.78, 5) is 29.6. The Morgan fingerprint density at radius 3 is 2.23 bits per heavy atom. The number of hydrogen-bond acceptors (Lipinski definition) is 2. The molecular weight excluding hydrogens is 393 g/mol. The molecule has 0 N–H and O–H groups in total. The van der Waals surface area contributed by atoms with E-state index in [4.69, 9.17) is 0 Å². The molecule has 5 nitrogen and oxygen atoms in total. The minimum atomic E-state index is -0.397. The van der Waals surface area contributed by atoms with Gasteiger partial charge in [-0.3, -0.25) is 9.59 Å². The Hall–Kier alpha value is -3.41. The second-order valence-electron chi connectivity index (χ2n) is 7.58. The van der Waals surface area contributed by atoms with Gasteiger partial charge in [0, 0.05) is 37.6 Å². The fourth-order valence-corrected chi connectivity index (χ4v) is 3.45. The maximum Gasteiger partial charge on any atom is 0.254 e. The third-order valence-corrected chi connectivity index (χ3v) is 5.17. The van der Waals surface area contributed by atoms with E-state index in [1.165, 1.54) is 24.3 Å². The number of nitrogens with zero attached hydrogens (tertiary/aromatic N) is 3. The van der Waals surface area contributed by atoms with Gasteiger partial charge in [-0.2, -0.15) is 0 Å². The number of aromatic nitrogens is 1. The number of carbonyl (C=O) groups excluding carboxylic acids is 2. The zero-order valence-electron chi connectivity index (χ0n) is 18.0. The number of halogens is 1. The van der Waals surface area contributed by atoms with E-state index in [-0.39, 0.29) is 18.4 Å². The van der Waals surface area contributed by atoms with Gasteiger partial charge < -0.3 is 14.4 Å². The first-order chi connectivity index (χ1) is 15.0. The molecule has 0 atom stereocenters. The van der Waals surface area contributed by atoms with E-state index in [2.05, 4.69) is 0 Å². The molecular formula is C25H28FN3O2. The lowest BCUT2D eigenvalue weighted by Gasteiger charge is -2.28. The van der Waals surface area contributed by atoms with Crippen LogP contribution in [0.4, 0.5) is 4.39 Å². The Labute approximate surface area is 182 Å². The van der Waals surface area contributed by atoms with Crippen LogP contribution in [0.25, 0.3) is 0 Å². The van der Waals surface area contributed by atoms with Crippen molar-refractivity contribution in [3.63, 3.8) is 0 Å². The van der Waals surface area contributed by atoms with E-state index < -0.39 is 5.82 Å². The topological polar surface area (TPSA) is 45.6 Å². The van der Waals surface area contributed by atoms with Gasteiger partial charge in [-0.1, -0.05) is 37.3 Å². The predicted octanol–water partition coefficient (Wildman–Crippen LogP) is 4.25. The molecule has 3 rings (SSSR count). The quantitative estimate of drug-likeness (QED) is 0.519. The maximum absolute atomic E-state index is 13.3. The third kappa shape index (κ3) is 6.04. The molecule has 1 aromatic heterocycles. The fraction of sp³-hybridized carbons (Fsp3) is 0.280. The molecule has 2 aromatic carbocycles. The van der Waals surface area contributed by atoms with E-state index in [0.717, 1.165) is 17.7 Å². The SMILES string of the molecule is CCCN(CC(=O)N(Cc1ccccc1)Cc1cccn1C)C(=O)c1ccc(F)cc1. The predicted molar refractivity (Wildman–Crippen MR) is 119 cm³/mol. The van der Waals surface area contributed by atoms with E-state index in [1.54, 1.807) is 9.80 Å². The average Bonchev–Trinajstić information content (AvgIpc) is 3.18. The van der Waals surface area contributed by atoms with Crippen molar-refractivity contribution >= 4 is 11.8 Å². The Balaban J connectivity index is 1.79.